The number of H-pyrrole nitrogens is 1. The third-order valence-electron chi connectivity index (χ3n) is 2.92. The van der Waals surface area contributed by atoms with Crippen molar-refractivity contribution in [1.82, 2.24) is 9.38 Å². The number of aromatic amines is 1. The Morgan fingerprint density at radius 3 is 2.78 bits per heavy atom. The minimum atomic E-state index is -0.709. The van der Waals surface area contributed by atoms with Crippen LogP contribution in [0.3, 0.4) is 0 Å². The van der Waals surface area contributed by atoms with Gasteiger partial charge in [-0.15, -0.1) is 0 Å². The summed E-state index contributed by atoms with van der Waals surface area (Å²) in [6, 6.07) is 4.06. The lowest BCUT2D eigenvalue weighted by atomic mass is 10.2. The average Bonchev–Trinajstić information content (AvgIpc) is 2.74. The Morgan fingerprint density at radius 2 is 2.06 bits per heavy atom. The van der Waals surface area contributed by atoms with Gasteiger partial charge in [-0.25, -0.2) is 8.78 Å². The predicted molar refractivity (Wildman–Crippen MR) is 61.4 cm³/mol. The van der Waals surface area contributed by atoms with Crippen LogP contribution in [0.15, 0.2) is 29.2 Å². The molecule has 0 radical (unpaired) electrons. The average molecular weight is 250 g/mol. The van der Waals surface area contributed by atoms with Crippen molar-refractivity contribution >= 4 is 16.6 Å². The third kappa shape index (κ3) is 1.29. The van der Waals surface area contributed by atoms with Gasteiger partial charge in [-0.05, 0) is 12.1 Å². The van der Waals surface area contributed by atoms with E-state index < -0.39 is 23.8 Å². The molecule has 2 aromatic heterocycles. The predicted octanol–water partition coefficient (Wildman–Crippen LogP) is 1.55. The largest absolute Gasteiger partial charge is 0.392 e. The van der Waals surface area contributed by atoms with Crippen LogP contribution in [-0.2, 0) is 6.61 Å². The van der Waals surface area contributed by atoms with Crippen LogP contribution < -0.4 is 5.56 Å². The minimum absolute atomic E-state index is 0.0466. The summed E-state index contributed by atoms with van der Waals surface area (Å²) in [5.74, 6) is -1.37. The summed E-state index contributed by atoms with van der Waals surface area (Å²) in [4.78, 5) is 14.0. The number of nitrogens with zero attached hydrogens (tertiary/aromatic N) is 1. The van der Waals surface area contributed by atoms with Crippen LogP contribution >= 0.6 is 0 Å². The molecule has 0 aliphatic rings. The summed E-state index contributed by atoms with van der Waals surface area (Å²) >= 11 is 0. The van der Waals surface area contributed by atoms with Gasteiger partial charge in [0, 0.05) is 11.8 Å². The number of nitrogens with one attached hydrogen (secondary N) is 1. The second-order valence-electron chi connectivity index (χ2n) is 3.93. The second-order valence-corrected chi connectivity index (χ2v) is 3.93. The summed E-state index contributed by atoms with van der Waals surface area (Å²) in [7, 11) is 0. The fourth-order valence-electron chi connectivity index (χ4n) is 2.05. The van der Waals surface area contributed by atoms with Gasteiger partial charge in [0.2, 0.25) is 0 Å². The fraction of sp³-hybridized carbons (Fsp3) is 0.0833. The van der Waals surface area contributed by atoms with Crippen molar-refractivity contribution in [3.05, 3.63) is 51.9 Å². The van der Waals surface area contributed by atoms with Crippen LogP contribution in [0.2, 0.25) is 0 Å². The van der Waals surface area contributed by atoms with Gasteiger partial charge < -0.3 is 14.5 Å². The highest BCUT2D eigenvalue weighted by atomic mass is 19.1. The number of fused-ring (bicyclic) bond motifs is 3. The molecule has 0 unspecified atom stereocenters. The summed E-state index contributed by atoms with van der Waals surface area (Å²) in [6.07, 6.45) is 1.36. The number of rotatable bonds is 1. The Kier molecular flexibility index (Phi) is 2.21. The van der Waals surface area contributed by atoms with Crippen LogP contribution in [0.1, 0.15) is 5.56 Å². The summed E-state index contributed by atoms with van der Waals surface area (Å²) in [5, 5.41) is 8.97. The molecule has 2 N–H and O–H groups in total. The molecule has 4 nitrogen and oxygen atoms in total. The van der Waals surface area contributed by atoms with Crippen LogP contribution in [0, 0.1) is 11.6 Å². The van der Waals surface area contributed by atoms with Gasteiger partial charge in [0.05, 0.1) is 12.1 Å². The first-order valence-electron chi connectivity index (χ1n) is 5.24. The molecule has 0 bridgehead atoms. The molecule has 1 aromatic carbocycles. The van der Waals surface area contributed by atoms with Crippen LogP contribution in [0.4, 0.5) is 8.78 Å². The van der Waals surface area contributed by atoms with Crippen LogP contribution in [0.25, 0.3) is 16.6 Å². The summed E-state index contributed by atoms with van der Waals surface area (Å²) < 4.78 is 28.6. The fourth-order valence-corrected chi connectivity index (χ4v) is 2.05. The lowest BCUT2D eigenvalue weighted by Gasteiger charge is -2.06. The molecule has 0 aliphatic carbocycles. The van der Waals surface area contributed by atoms with E-state index in [1.54, 1.807) is 0 Å². The Labute approximate surface area is 99.1 Å². The lowest BCUT2D eigenvalue weighted by molar-refractivity contribution is 0.276. The number of halogens is 2. The maximum atomic E-state index is 13.9. The standard InChI is InChI=1S/C12H8F2N2O2/c13-7-3-4-16-8-2-1-6(5-17)9(14)10(8)15-12(18)11(7)16/h1-4,17H,5H2,(H,15,18). The molecule has 92 valence electrons. The molecule has 0 aliphatic heterocycles. The number of aliphatic hydroxyl groups is 1. The highest BCUT2D eigenvalue weighted by Gasteiger charge is 2.14. The zero-order valence-corrected chi connectivity index (χ0v) is 9.08. The van der Waals surface area contributed by atoms with Gasteiger partial charge in [0.15, 0.2) is 11.6 Å². The monoisotopic (exact) mass is 250 g/mol. The molecule has 0 saturated heterocycles. The topological polar surface area (TPSA) is 57.5 Å². The van der Waals surface area contributed by atoms with E-state index in [4.69, 9.17) is 5.11 Å². The molecular weight excluding hydrogens is 242 g/mol. The number of benzene rings is 1. The zero-order valence-electron chi connectivity index (χ0n) is 9.08. The van der Waals surface area contributed by atoms with E-state index in [1.165, 1.54) is 22.7 Å². The zero-order chi connectivity index (χ0) is 12.9. The quantitative estimate of drug-likeness (QED) is 0.688. The molecule has 2 heterocycles. The smallest absolute Gasteiger partial charge is 0.275 e. The maximum absolute atomic E-state index is 13.9. The minimum Gasteiger partial charge on any atom is -0.392 e. The summed E-state index contributed by atoms with van der Waals surface area (Å²) in [6.45, 7) is -0.470. The Morgan fingerprint density at radius 1 is 1.28 bits per heavy atom. The van der Waals surface area contributed by atoms with Gasteiger partial charge in [-0.2, -0.15) is 0 Å². The number of aromatic nitrogens is 2. The van der Waals surface area contributed by atoms with Gasteiger partial charge >= 0.3 is 0 Å². The number of aliphatic hydroxyl groups excluding tert-OH is 1. The normalized spacial score (nSPS) is 11.5. The Bertz CT molecular complexity index is 820. The molecule has 6 heteroatoms. The first-order chi connectivity index (χ1) is 8.63. The molecular formula is C12H8F2N2O2. The van der Waals surface area contributed by atoms with Gasteiger partial charge in [-0.1, -0.05) is 6.07 Å². The van der Waals surface area contributed by atoms with Gasteiger partial charge in [0.1, 0.15) is 11.0 Å². The van der Waals surface area contributed by atoms with E-state index in [0.29, 0.717) is 5.52 Å². The molecule has 0 amide bonds. The van der Waals surface area contributed by atoms with Crippen molar-refractivity contribution in [3.8, 4) is 0 Å². The SMILES string of the molecule is O=c1[nH]c2c(F)c(CO)ccc2n2ccc(F)c12. The van der Waals surface area contributed by atoms with Crippen molar-refractivity contribution in [2.75, 3.05) is 0 Å². The third-order valence-corrected chi connectivity index (χ3v) is 2.92. The number of hydrogen-bond acceptors (Lipinski definition) is 2. The van der Waals surface area contributed by atoms with Crippen LogP contribution in [-0.4, -0.2) is 14.5 Å². The van der Waals surface area contributed by atoms with Crippen LogP contribution in [0.5, 0.6) is 0 Å². The lowest BCUT2D eigenvalue weighted by Crippen LogP contribution is -2.12. The molecule has 3 rings (SSSR count). The molecule has 0 atom stereocenters. The summed E-state index contributed by atoms with van der Waals surface area (Å²) in [5.41, 5.74) is -0.499. The van der Waals surface area contributed by atoms with E-state index >= 15 is 0 Å². The molecule has 0 saturated carbocycles. The highest BCUT2D eigenvalue weighted by molar-refractivity contribution is 5.79. The Balaban J connectivity index is 2.58. The maximum Gasteiger partial charge on any atom is 0.275 e. The van der Waals surface area contributed by atoms with E-state index in [2.05, 4.69) is 4.98 Å². The first kappa shape index (κ1) is 10.9. The van der Waals surface area contributed by atoms with E-state index in [0.717, 1.165) is 6.07 Å². The van der Waals surface area contributed by atoms with Crippen molar-refractivity contribution in [2.45, 2.75) is 6.61 Å². The molecule has 3 aromatic rings. The molecule has 18 heavy (non-hydrogen) atoms. The van der Waals surface area contributed by atoms with Gasteiger partial charge in [0.25, 0.3) is 5.56 Å². The second kappa shape index (κ2) is 3.64. The first-order valence-corrected chi connectivity index (χ1v) is 5.24. The highest BCUT2D eigenvalue weighted by Crippen LogP contribution is 2.20. The van der Waals surface area contributed by atoms with Crippen molar-refractivity contribution < 1.29 is 13.9 Å². The van der Waals surface area contributed by atoms with Crippen molar-refractivity contribution in [1.29, 1.82) is 0 Å². The van der Waals surface area contributed by atoms with E-state index in [-0.39, 0.29) is 16.6 Å². The number of hydrogen-bond donors (Lipinski definition) is 2. The van der Waals surface area contributed by atoms with E-state index in [9.17, 15) is 13.6 Å². The molecule has 0 fully saturated rings. The van der Waals surface area contributed by atoms with E-state index in [1.807, 2.05) is 0 Å². The van der Waals surface area contributed by atoms with Crippen molar-refractivity contribution in [2.24, 2.45) is 0 Å². The molecule has 0 spiro atoms. The van der Waals surface area contributed by atoms with Crippen molar-refractivity contribution in [3.63, 3.8) is 0 Å². The Hall–Kier alpha value is -2.21. The van der Waals surface area contributed by atoms with Gasteiger partial charge in [-0.3, -0.25) is 4.79 Å².